The molecule has 3 rings (SSSR count). The fourth-order valence-electron chi connectivity index (χ4n) is 2.30. The van der Waals surface area contributed by atoms with Crippen LogP contribution in [0.25, 0.3) is 11.2 Å². The minimum absolute atomic E-state index is 0.166. The number of ether oxygens (including phenoxy) is 1. The largest absolute Gasteiger partial charge is 0.495 e. The molecule has 2 heterocycles. The van der Waals surface area contributed by atoms with E-state index in [9.17, 15) is 4.79 Å². The first-order valence-corrected chi connectivity index (χ1v) is 9.82. The molecule has 6 nitrogen and oxygen atoms in total. The Kier molecular flexibility index (Phi) is 5.74. The van der Waals surface area contributed by atoms with Gasteiger partial charge in [-0.1, -0.05) is 23.4 Å². The maximum absolute atomic E-state index is 12.3. The number of amides is 1. The lowest BCUT2D eigenvalue weighted by Gasteiger charge is -2.12. The van der Waals surface area contributed by atoms with Crippen molar-refractivity contribution in [3.8, 4) is 5.75 Å². The van der Waals surface area contributed by atoms with E-state index in [0.717, 1.165) is 21.2 Å². The number of carbonyl (C=O) groups excluding carboxylic acids is 1. The summed E-state index contributed by atoms with van der Waals surface area (Å²) < 4.78 is 6.18. The maximum atomic E-state index is 12.3. The van der Waals surface area contributed by atoms with Crippen molar-refractivity contribution in [3.63, 3.8) is 0 Å². The molecule has 0 aliphatic carbocycles. The summed E-state index contributed by atoms with van der Waals surface area (Å²) in [6.45, 7) is 3.77. The summed E-state index contributed by atoms with van der Waals surface area (Å²) in [5.41, 5.74) is 3.76. The third-order valence-electron chi connectivity index (χ3n) is 3.68. The Morgan fingerprint density at radius 1 is 1.35 bits per heavy atom. The number of anilines is 1. The van der Waals surface area contributed by atoms with Crippen molar-refractivity contribution < 1.29 is 9.53 Å². The second-order valence-electron chi connectivity index (χ2n) is 5.61. The van der Waals surface area contributed by atoms with Crippen LogP contribution >= 0.6 is 39.3 Å². The molecular formula is C17H16BrClN4O2S. The molecule has 1 amide bonds. The number of nitrogens with zero attached hydrogens (tertiary/aromatic N) is 2. The van der Waals surface area contributed by atoms with Crippen molar-refractivity contribution >= 4 is 62.1 Å². The third-order valence-corrected chi connectivity index (χ3v) is 5.76. The maximum Gasteiger partial charge on any atom is 0.234 e. The summed E-state index contributed by atoms with van der Waals surface area (Å²) in [5, 5.41) is 4.07. The summed E-state index contributed by atoms with van der Waals surface area (Å²) in [4.78, 5) is 24.3. The lowest BCUT2D eigenvalue weighted by atomic mass is 10.2. The average molecular weight is 456 g/mol. The number of imidazole rings is 1. The van der Waals surface area contributed by atoms with Gasteiger partial charge in [0.05, 0.1) is 29.8 Å². The second kappa shape index (κ2) is 7.85. The highest BCUT2D eigenvalue weighted by molar-refractivity contribution is 9.10. The normalized spacial score (nSPS) is 11.0. The van der Waals surface area contributed by atoms with Crippen LogP contribution < -0.4 is 10.1 Å². The number of aromatic nitrogens is 3. The molecule has 2 aromatic heterocycles. The summed E-state index contributed by atoms with van der Waals surface area (Å²) >= 11 is 10.8. The van der Waals surface area contributed by atoms with E-state index >= 15 is 0 Å². The van der Waals surface area contributed by atoms with Gasteiger partial charge >= 0.3 is 0 Å². The van der Waals surface area contributed by atoms with Crippen molar-refractivity contribution in [2.45, 2.75) is 19.0 Å². The van der Waals surface area contributed by atoms with Gasteiger partial charge in [0.2, 0.25) is 5.91 Å². The van der Waals surface area contributed by atoms with Gasteiger partial charge in [-0.25, -0.2) is 9.97 Å². The number of pyridine rings is 1. The minimum atomic E-state index is -0.166. The van der Waals surface area contributed by atoms with Gasteiger partial charge in [0.25, 0.3) is 0 Å². The molecular weight excluding hydrogens is 440 g/mol. The molecule has 2 N–H and O–H groups in total. The predicted molar refractivity (Wildman–Crippen MR) is 108 cm³/mol. The van der Waals surface area contributed by atoms with Gasteiger partial charge in [-0.3, -0.25) is 4.79 Å². The Morgan fingerprint density at radius 3 is 2.85 bits per heavy atom. The SMILES string of the molecule is COc1cc(Cl)c(C)cc1NC(=O)CSc1nc2nc(C)c(Br)cc2[nH]1. The molecule has 3 aromatic rings. The van der Waals surface area contributed by atoms with Crippen LogP contribution in [0.2, 0.25) is 5.02 Å². The van der Waals surface area contributed by atoms with Crippen molar-refractivity contribution in [1.29, 1.82) is 0 Å². The number of thioether (sulfide) groups is 1. The fraction of sp³-hybridized carbons (Fsp3) is 0.235. The van der Waals surface area contributed by atoms with Crippen molar-refractivity contribution in [2.75, 3.05) is 18.2 Å². The van der Waals surface area contributed by atoms with Crippen LogP contribution in [0.3, 0.4) is 0 Å². The number of carbonyl (C=O) groups is 1. The Labute approximate surface area is 168 Å². The van der Waals surface area contributed by atoms with Crippen molar-refractivity contribution in [3.05, 3.63) is 39.0 Å². The van der Waals surface area contributed by atoms with Crippen LogP contribution in [0.4, 0.5) is 5.69 Å². The zero-order valence-electron chi connectivity index (χ0n) is 14.3. The highest BCUT2D eigenvalue weighted by Crippen LogP contribution is 2.31. The van der Waals surface area contributed by atoms with E-state index in [1.165, 1.54) is 18.9 Å². The van der Waals surface area contributed by atoms with Gasteiger partial charge in [-0.15, -0.1) is 0 Å². The van der Waals surface area contributed by atoms with E-state index in [1.807, 2.05) is 19.9 Å². The van der Waals surface area contributed by atoms with Crippen molar-refractivity contribution in [2.24, 2.45) is 0 Å². The van der Waals surface area contributed by atoms with E-state index in [2.05, 4.69) is 36.2 Å². The van der Waals surface area contributed by atoms with Gasteiger partial charge in [0, 0.05) is 15.6 Å². The number of H-pyrrole nitrogens is 1. The quantitative estimate of drug-likeness (QED) is 0.544. The fourth-order valence-corrected chi connectivity index (χ4v) is 3.45. The lowest BCUT2D eigenvalue weighted by Crippen LogP contribution is -2.15. The van der Waals surface area contributed by atoms with Gasteiger partial charge < -0.3 is 15.0 Å². The molecule has 0 fully saturated rings. The number of hydrogen-bond donors (Lipinski definition) is 2. The van der Waals surface area contributed by atoms with Gasteiger partial charge in [0.1, 0.15) is 5.75 Å². The molecule has 9 heteroatoms. The molecule has 0 bridgehead atoms. The Bertz CT molecular complexity index is 954. The Hall–Kier alpha value is -1.77. The molecule has 0 unspecified atom stereocenters. The van der Waals surface area contributed by atoms with Crippen molar-refractivity contribution in [1.82, 2.24) is 15.0 Å². The third kappa shape index (κ3) is 4.13. The number of nitrogens with one attached hydrogen (secondary N) is 2. The Morgan fingerprint density at radius 2 is 2.12 bits per heavy atom. The summed E-state index contributed by atoms with van der Waals surface area (Å²) in [6, 6.07) is 5.40. The Balaban J connectivity index is 1.69. The summed E-state index contributed by atoms with van der Waals surface area (Å²) in [7, 11) is 1.53. The lowest BCUT2D eigenvalue weighted by molar-refractivity contribution is -0.113. The number of fused-ring (bicyclic) bond motifs is 1. The molecule has 26 heavy (non-hydrogen) atoms. The average Bonchev–Trinajstić information content (AvgIpc) is 2.98. The van der Waals surface area contributed by atoms with E-state index in [-0.39, 0.29) is 11.7 Å². The van der Waals surface area contributed by atoms with Crippen LogP contribution in [0.1, 0.15) is 11.3 Å². The summed E-state index contributed by atoms with van der Waals surface area (Å²) in [6.07, 6.45) is 0. The van der Waals surface area contributed by atoms with Gasteiger partial charge in [0.15, 0.2) is 10.8 Å². The van der Waals surface area contributed by atoms with Crippen LogP contribution in [-0.4, -0.2) is 33.7 Å². The van der Waals surface area contributed by atoms with Crippen LogP contribution in [0, 0.1) is 13.8 Å². The van der Waals surface area contributed by atoms with E-state index in [4.69, 9.17) is 16.3 Å². The second-order valence-corrected chi connectivity index (χ2v) is 7.83. The zero-order valence-corrected chi connectivity index (χ0v) is 17.5. The van der Waals surface area contributed by atoms with E-state index < -0.39 is 0 Å². The number of methoxy groups -OCH3 is 1. The standard InChI is InChI=1S/C17H16BrClN4O2S/c1-8-4-12(14(25-3)6-11(8)19)21-15(24)7-26-17-22-13-5-10(18)9(2)20-16(13)23-17/h4-6H,7H2,1-3H3,(H,21,24)(H,20,22,23). The molecule has 0 aliphatic rings. The van der Waals surface area contributed by atoms with Gasteiger partial charge in [-0.05, 0) is 47.5 Å². The summed E-state index contributed by atoms with van der Waals surface area (Å²) in [5.74, 6) is 0.554. The first-order chi connectivity index (χ1) is 12.4. The topological polar surface area (TPSA) is 79.9 Å². The minimum Gasteiger partial charge on any atom is -0.495 e. The first kappa shape index (κ1) is 19.0. The zero-order chi connectivity index (χ0) is 18.8. The number of aromatic amines is 1. The predicted octanol–water partition coefficient (Wildman–Crippen LogP) is 4.73. The molecule has 0 spiro atoms. The van der Waals surface area contributed by atoms with Crippen LogP contribution in [0.15, 0.2) is 27.8 Å². The first-order valence-electron chi connectivity index (χ1n) is 7.67. The number of hydrogen-bond acceptors (Lipinski definition) is 5. The monoisotopic (exact) mass is 454 g/mol. The number of rotatable bonds is 5. The number of benzene rings is 1. The molecule has 0 aliphatic heterocycles. The number of halogens is 2. The van der Waals surface area contributed by atoms with E-state index in [0.29, 0.717) is 27.3 Å². The molecule has 136 valence electrons. The highest BCUT2D eigenvalue weighted by Gasteiger charge is 2.13. The van der Waals surface area contributed by atoms with E-state index in [1.54, 1.807) is 12.1 Å². The highest BCUT2D eigenvalue weighted by atomic mass is 79.9. The van der Waals surface area contributed by atoms with Crippen LogP contribution in [0.5, 0.6) is 5.75 Å². The molecule has 1 aromatic carbocycles. The molecule has 0 atom stereocenters. The molecule has 0 radical (unpaired) electrons. The molecule has 0 saturated carbocycles. The number of aryl methyl sites for hydroxylation is 2. The smallest absolute Gasteiger partial charge is 0.234 e. The molecule has 0 saturated heterocycles. The van der Waals surface area contributed by atoms with Crippen LogP contribution in [-0.2, 0) is 4.79 Å². The van der Waals surface area contributed by atoms with Gasteiger partial charge in [-0.2, -0.15) is 0 Å².